The van der Waals surface area contributed by atoms with Gasteiger partial charge in [0.1, 0.15) is 0 Å². The molecule has 1 aromatic heterocycles. The van der Waals surface area contributed by atoms with Crippen molar-refractivity contribution in [2.24, 2.45) is 0 Å². The van der Waals surface area contributed by atoms with Crippen LogP contribution in [0.15, 0.2) is 48.2 Å². The summed E-state index contributed by atoms with van der Waals surface area (Å²) in [7, 11) is 0. The third-order valence-electron chi connectivity index (χ3n) is 3.09. The molecular formula is C16H19N3O. The predicted octanol–water partition coefficient (Wildman–Crippen LogP) is 3.05. The largest absolute Gasteiger partial charge is 0.348 e. The molecule has 0 atom stereocenters. The number of hydrogen-bond acceptors (Lipinski definition) is 2. The molecule has 2 aromatic rings. The topological polar surface area (TPSA) is 57.8 Å². The van der Waals surface area contributed by atoms with E-state index in [1.165, 1.54) is 0 Å². The molecule has 104 valence electrons. The van der Waals surface area contributed by atoms with Crippen LogP contribution in [0.4, 0.5) is 0 Å². The molecule has 0 radical (unpaired) electrons. The van der Waals surface area contributed by atoms with Crippen LogP contribution in [0.2, 0.25) is 0 Å². The van der Waals surface area contributed by atoms with Gasteiger partial charge in [0, 0.05) is 18.3 Å². The molecule has 20 heavy (non-hydrogen) atoms. The average molecular weight is 269 g/mol. The van der Waals surface area contributed by atoms with Crippen LogP contribution < -0.4 is 5.32 Å². The molecule has 0 unspecified atom stereocenters. The molecule has 0 saturated heterocycles. The highest BCUT2D eigenvalue weighted by atomic mass is 16.1. The first kappa shape index (κ1) is 14.1. The fourth-order valence-electron chi connectivity index (χ4n) is 1.94. The Morgan fingerprint density at radius 2 is 2.05 bits per heavy atom. The van der Waals surface area contributed by atoms with Gasteiger partial charge in [-0.3, -0.25) is 9.89 Å². The molecule has 0 saturated carbocycles. The van der Waals surface area contributed by atoms with Crippen molar-refractivity contribution in [1.82, 2.24) is 15.5 Å². The van der Waals surface area contributed by atoms with E-state index >= 15 is 0 Å². The summed E-state index contributed by atoms with van der Waals surface area (Å²) >= 11 is 0. The number of carbonyl (C=O) groups is 1. The zero-order chi connectivity index (χ0) is 14.4. The average Bonchev–Trinajstić information content (AvgIpc) is 2.99. The lowest BCUT2D eigenvalue weighted by Crippen LogP contribution is -2.23. The normalized spacial score (nSPS) is 11.4. The number of nitrogens with one attached hydrogen (secondary N) is 2. The van der Waals surface area contributed by atoms with Gasteiger partial charge in [0.2, 0.25) is 5.91 Å². The number of carbonyl (C=O) groups excluding carboxylic acids is 1. The highest BCUT2D eigenvalue weighted by molar-refractivity contribution is 5.92. The van der Waals surface area contributed by atoms with Crippen molar-refractivity contribution in [2.75, 3.05) is 0 Å². The zero-order valence-electron chi connectivity index (χ0n) is 11.8. The first-order valence-electron chi connectivity index (χ1n) is 6.74. The van der Waals surface area contributed by atoms with E-state index in [2.05, 4.69) is 15.5 Å². The summed E-state index contributed by atoms with van der Waals surface area (Å²) in [5.74, 6) is -0.00973. The molecule has 4 heteroatoms. The van der Waals surface area contributed by atoms with Gasteiger partial charge in [-0.25, -0.2) is 0 Å². The molecule has 0 spiro atoms. The van der Waals surface area contributed by atoms with Gasteiger partial charge in [0.05, 0.1) is 5.69 Å². The van der Waals surface area contributed by atoms with Crippen molar-refractivity contribution in [2.45, 2.75) is 26.8 Å². The molecule has 1 amide bonds. The molecule has 4 nitrogen and oxygen atoms in total. The maximum absolute atomic E-state index is 11.8. The van der Waals surface area contributed by atoms with E-state index in [0.717, 1.165) is 28.8 Å². The molecule has 1 aromatic carbocycles. The first-order chi connectivity index (χ1) is 9.70. The monoisotopic (exact) mass is 269 g/mol. The van der Waals surface area contributed by atoms with Crippen LogP contribution in [-0.4, -0.2) is 16.1 Å². The Balaban J connectivity index is 1.95. The summed E-state index contributed by atoms with van der Waals surface area (Å²) in [6, 6.07) is 9.98. The molecule has 0 aliphatic heterocycles. The van der Waals surface area contributed by atoms with E-state index in [9.17, 15) is 4.79 Å². The zero-order valence-corrected chi connectivity index (χ0v) is 11.8. The van der Waals surface area contributed by atoms with Crippen LogP contribution in [0.3, 0.4) is 0 Å². The van der Waals surface area contributed by atoms with Crippen LogP contribution in [0.1, 0.15) is 25.8 Å². The number of rotatable bonds is 5. The minimum Gasteiger partial charge on any atom is -0.348 e. The second-order valence-electron chi connectivity index (χ2n) is 4.65. The van der Waals surface area contributed by atoms with E-state index in [1.807, 2.05) is 50.3 Å². The lowest BCUT2D eigenvalue weighted by molar-refractivity contribution is -0.117. The van der Waals surface area contributed by atoms with Crippen molar-refractivity contribution >= 4 is 5.91 Å². The lowest BCUT2D eigenvalue weighted by Gasteiger charge is -2.06. The van der Waals surface area contributed by atoms with Crippen LogP contribution in [0.5, 0.6) is 0 Å². The van der Waals surface area contributed by atoms with Crippen molar-refractivity contribution in [3.63, 3.8) is 0 Å². The SMILES string of the molecule is CC/C=C(\C)C(=O)NCc1ccc(-c2ccn[nH]2)cc1. The Kier molecular flexibility index (Phi) is 4.71. The van der Waals surface area contributed by atoms with Gasteiger partial charge in [0.15, 0.2) is 0 Å². The molecule has 2 N–H and O–H groups in total. The molecule has 0 aliphatic carbocycles. The first-order valence-corrected chi connectivity index (χ1v) is 6.74. The summed E-state index contributed by atoms with van der Waals surface area (Å²) in [4.78, 5) is 11.8. The number of nitrogens with zero attached hydrogens (tertiary/aromatic N) is 1. The summed E-state index contributed by atoms with van der Waals surface area (Å²) in [5, 5.41) is 9.76. The van der Waals surface area contributed by atoms with Gasteiger partial charge in [-0.2, -0.15) is 5.10 Å². The Labute approximate surface area is 118 Å². The predicted molar refractivity (Wildman–Crippen MR) is 79.9 cm³/mol. The summed E-state index contributed by atoms with van der Waals surface area (Å²) in [6.07, 6.45) is 4.53. The van der Waals surface area contributed by atoms with Crippen LogP contribution in [-0.2, 0) is 11.3 Å². The number of amides is 1. The third-order valence-corrected chi connectivity index (χ3v) is 3.09. The Hall–Kier alpha value is -2.36. The highest BCUT2D eigenvalue weighted by Crippen LogP contribution is 2.16. The van der Waals surface area contributed by atoms with E-state index in [1.54, 1.807) is 6.20 Å². The summed E-state index contributed by atoms with van der Waals surface area (Å²) in [6.45, 7) is 4.39. The van der Waals surface area contributed by atoms with Crippen molar-refractivity contribution in [1.29, 1.82) is 0 Å². The Bertz CT molecular complexity index is 583. The lowest BCUT2D eigenvalue weighted by atomic mass is 10.1. The number of aromatic amines is 1. The van der Waals surface area contributed by atoms with Crippen molar-refractivity contribution in [3.05, 3.63) is 53.7 Å². The highest BCUT2D eigenvalue weighted by Gasteiger charge is 2.03. The smallest absolute Gasteiger partial charge is 0.246 e. The van der Waals surface area contributed by atoms with Crippen molar-refractivity contribution < 1.29 is 4.79 Å². The Morgan fingerprint density at radius 1 is 1.30 bits per heavy atom. The van der Waals surface area contributed by atoms with Gasteiger partial charge in [-0.1, -0.05) is 37.3 Å². The fraction of sp³-hybridized carbons (Fsp3) is 0.250. The molecule has 0 fully saturated rings. The van der Waals surface area contributed by atoms with Gasteiger partial charge >= 0.3 is 0 Å². The van der Waals surface area contributed by atoms with Gasteiger partial charge in [-0.05, 0) is 30.5 Å². The van der Waals surface area contributed by atoms with E-state index in [0.29, 0.717) is 6.54 Å². The second kappa shape index (κ2) is 6.70. The minimum atomic E-state index is -0.00973. The standard InChI is InChI=1S/C16H19N3O/c1-3-4-12(2)16(20)17-11-13-5-7-14(8-6-13)15-9-10-18-19-15/h4-10H,3,11H2,1-2H3,(H,17,20)(H,18,19)/b12-4+. The fourth-order valence-corrected chi connectivity index (χ4v) is 1.94. The molecular weight excluding hydrogens is 250 g/mol. The van der Waals surface area contributed by atoms with E-state index in [-0.39, 0.29) is 5.91 Å². The maximum atomic E-state index is 11.8. The minimum absolute atomic E-state index is 0.00973. The number of aromatic nitrogens is 2. The van der Waals surface area contributed by atoms with Crippen molar-refractivity contribution in [3.8, 4) is 11.3 Å². The number of benzene rings is 1. The molecule has 0 bridgehead atoms. The number of allylic oxidation sites excluding steroid dienone is 1. The summed E-state index contributed by atoms with van der Waals surface area (Å²) < 4.78 is 0. The summed E-state index contributed by atoms with van der Waals surface area (Å²) in [5.41, 5.74) is 3.91. The second-order valence-corrected chi connectivity index (χ2v) is 4.65. The molecule has 2 rings (SSSR count). The maximum Gasteiger partial charge on any atom is 0.246 e. The Morgan fingerprint density at radius 3 is 2.65 bits per heavy atom. The van der Waals surface area contributed by atoms with E-state index < -0.39 is 0 Å². The van der Waals surface area contributed by atoms with E-state index in [4.69, 9.17) is 0 Å². The van der Waals surface area contributed by atoms with Crippen LogP contribution in [0, 0.1) is 0 Å². The number of H-pyrrole nitrogens is 1. The van der Waals surface area contributed by atoms with Crippen LogP contribution in [0.25, 0.3) is 11.3 Å². The molecule has 1 heterocycles. The number of hydrogen-bond donors (Lipinski definition) is 2. The third kappa shape index (κ3) is 3.57. The van der Waals surface area contributed by atoms with Gasteiger partial charge < -0.3 is 5.32 Å². The van der Waals surface area contributed by atoms with Gasteiger partial charge in [0.25, 0.3) is 0 Å². The van der Waals surface area contributed by atoms with Crippen LogP contribution >= 0.6 is 0 Å². The van der Waals surface area contributed by atoms with Gasteiger partial charge in [-0.15, -0.1) is 0 Å². The molecule has 0 aliphatic rings. The quantitative estimate of drug-likeness (QED) is 0.820.